The molecule has 0 N–H and O–H groups in total. The van der Waals surface area contributed by atoms with Crippen LogP contribution >= 0.6 is 0 Å². The molecule has 17 heavy (non-hydrogen) atoms. The summed E-state index contributed by atoms with van der Waals surface area (Å²) in [6, 6.07) is 3.91. The SMILES string of the molecule is C=Nc1cc(C)c(C(=O)CC2CCC2)cc1C. The van der Waals surface area contributed by atoms with Crippen molar-refractivity contribution >= 4 is 18.2 Å². The number of Topliss-reactive ketones (excluding diaryl/α,β-unsaturated/α-hetero) is 1. The van der Waals surface area contributed by atoms with Gasteiger partial charge in [0.15, 0.2) is 5.78 Å². The Bertz CT molecular complexity index is 458. The van der Waals surface area contributed by atoms with E-state index in [0.29, 0.717) is 12.3 Å². The van der Waals surface area contributed by atoms with Crippen molar-refractivity contribution < 1.29 is 4.79 Å². The minimum absolute atomic E-state index is 0.283. The second-order valence-electron chi connectivity index (χ2n) is 5.04. The molecule has 0 aliphatic heterocycles. The summed E-state index contributed by atoms with van der Waals surface area (Å²) in [5.74, 6) is 0.908. The van der Waals surface area contributed by atoms with E-state index in [2.05, 4.69) is 11.7 Å². The zero-order valence-corrected chi connectivity index (χ0v) is 10.6. The number of hydrogen-bond donors (Lipinski definition) is 0. The average Bonchev–Trinajstić information content (AvgIpc) is 2.25. The first-order valence-electron chi connectivity index (χ1n) is 6.23. The normalized spacial score (nSPS) is 15.4. The largest absolute Gasteiger partial charge is 0.294 e. The van der Waals surface area contributed by atoms with Gasteiger partial charge in [-0.3, -0.25) is 9.79 Å². The third kappa shape index (κ3) is 2.46. The number of rotatable bonds is 4. The van der Waals surface area contributed by atoms with Gasteiger partial charge in [-0.05, 0) is 49.7 Å². The molecular formula is C15H19NO. The maximum Gasteiger partial charge on any atom is 0.163 e. The van der Waals surface area contributed by atoms with Crippen molar-refractivity contribution in [1.82, 2.24) is 0 Å². The zero-order valence-electron chi connectivity index (χ0n) is 10.6. The smallest absolute Gasteiger partial charge is 0.163 e. The van der Waals surface area contributed by atoms with Crippen LogP contribution in [0.25, 0.3) is 0 Å². The second kappa shape index (κ2) is 4.82. The van der Waals surface area contributed by atoms with Crippen LogP contribution in [0.4, 0.5) is 5.69 Å². The lowest BCUT2D eigenvalue weighted by Crippen LogP contribution is -2.16. The molecule has 90 valence electrons. The predicted molar refractivity (Wildman–Crippen MR) is 71.4 cm³/mol. The molecule has 2 rings (SSSR count). The van der Waals surface area contributed by atoms with Crippen LogP contribution in [0, 0.1) is 19.8 Å². The highest BCUT2D eigenvalue weighted by Crippen LogP contribution is 2.32. The first kappa shape index (κ1) is 12.0. The lowest BCUT2D eigenvalue weighted by molar-refractivity contribution is 0.0936. The van der Waals surface area contributed by atoms with Gasteiger partial charge in [0.05, 0.1) is 5.69 Å². The first-order chi connectivity index (χ1) is 8.11. The van der Waals surface area contributed by atoms with Crippen LogP contribution in [0.3, 0.4) is 0 Å². The summed E-state index contributed by atoms with van der Waals surface area (Å²) in [6.45, 7) is 7.49. The quantitative estimate of drug-likeness (QED) is 0.566. The molecule has 0 spiro atoms. The van der Waals surface area contributed by atoms with Crippen LogP contribution in [0.5, 0.6) is 0 Å². The highest BCUT2D eigenvalue weighted by molar-refractivity contribution is 5.98. The molecule has 2 heteroatoms. The van der Waals surface area contributed by atoms with Crippen LogP contribution in [-0.4, -0.2) is 12.5 Å². The van der Waals surface area contributed by atoms with Crippen LogP contribution in [0.2, 0.25) is 0 Å². The second-order valence-corrected chi connectivity index (χ2v) is 5.04. The van der Waals surface area contributed by atoms with Crippen LogP contribution in [0.15, 0.2) is 17.1 Å². The molecule has 1 aliphatic rings. The number of carbonyl (C=O) groups excluding carboxylic acids is 1. The fourth-order valence-electron chi connectivity index (χ4n) is 2.34. The van der Waals surface area contributed by atoms with Gasteiger partial charge in [-0.15, -0.1) is 0 Å². The Balaban J connectivity index is 2.22. The molecule has 1 fully saturated rings. The van der Waals surface area contributed by atoms with E-state index in [4.69, 9.17) is 0 Å². The first-order valence-corrected chi connectivity index (χ1v) is 6.23. The molecule has 0 heterocycles. The highest BCUT2D eigenvalue weighted by Gasteiger charge is 2.22. The Morgan fingerprint density at radius 1 is 1.35 bits per heavy atom. The van der Waals surface area contributed by atoms with Gasteiger partial charge in [-0.1, -0.05) is 19.3 Å². The number of carbonyl (C=O) groups is 1. The van der Waals surface area contributed by atoms with Crippen molar-refractivity contribution in [2.45, 2.75) is 39.5 Å². The molecule has 2 nitrogen and oxygen atoms in total. The molecule has 0 unspecified atom stereocenters. The molecule has 1 aliphatic carbocycles. The van der Waals surface area contributed by atoms with Gasteiger partial charge < -0.3 is 0 Å². The highest BCUT2D eigenvalue weighted by atomic mass is 16.1. The van der Waals surface area contributed by atoms with Crippen molar-refractivity contribution in [2.75, 3.05) is 0 Å². The summed E-state index contributed by atoms with van der Waals surface area (Å²) >= 11 is 0. The molecule has 1 aromatic carbocycles. The van der Waals surface area contributed by atoms with Gasteiger partial charge in [0.1, 0.15) is 0 Å². The summed E-state index contributed by atoms with van der Waals surface area (Å²) in [7, 11) is 0. The van der Waals surface area contributed by atoms with E-state index in [0.717, 1.165) is 22.4 Å². The summed E-state index contributed by atoms with van der Waals surface area (Å²) < 4.78 is 0. The molecule has 1 aromatic rings. The number of aryl methyl sites for hydroxylation is 2. The fraction of sp³-hybridized carbons (Fsp3) is 0.467. The maximum absolute atomic E-state index is 12.2. The number of aliphatic imine (C=N–C) groups is 1. The lowest BCUT2D eigenvalue weighted by atomic mass is 9.80. The minimum atomic E-state index is 0.283. The van der Waals surface area contributed by atoms with E-state index < -0.39 is 0 Å². The molecule has 0 saturated heterocycles. The minimum Gasteiger partial charge on any atom is -0.294 e. The Hall–Kier alpha value is -1.44. The molecule has 0 aromatic heterocycles. The molecule has 0 bridgehead atoms. The summed E-state index contributed by atoms with van der Waals surface area (Å²) in [5, 5.41) is 0. The third-order valence-electron chi connectivity index (χ3n) is 3.71. The van der Waals surface area contributed by atoms with E-state index in [1.165, 1.54) is 19.3 Å². The molecule has 0 atom stereocenters. The van der Waals surface area contributed by atoms with Gasteiger partial charge in [-0.2, -0.15) is 0 Å². The van der Waals surface area contributed by atoms with Crippen LogP contribution in [0.1, 0.15) is 47.2 Å². The number of ketones is 1. The monoisotopic (exact) mass is 229 g/mol. The standard InChI is InChI=1S/C15H19NO/c1-10-8-14(16-3)11(2)7-13(10)15(17)9-12-5-4-6-12/h7-8,12H,3-6,9H2,1-2H3. The Morgan fingerprint density at radius 3 is 2.59 bits per heavy atom. The van der Waals surface area contributed by atoms with Crippen molar-refractivity contribution in [3.8, 4) is 0 Å². The van der Waals surface area contributed by atoms with Gasteiger partial charge in [-0.25, -0.2) is 0 Å². The fourth-order valence-corrected chi connectivity index (χ4v) is 2.34. The Kier molecular flexibility index (Phi) is 3.41. The molecule has 0 amide bonds. The summed E-state index contributed by atoms with van der Waals surface area (Å²) in [5.41, 5.74) is 3.79. The van der Waals surface area contributed by atoms with Gasteiger partial charge in [0.2, 0.25) is 0 Å². The van der Waals surface area contributed by atoms with E-state index in [9.17, 15) is 4.79 Å². The van der Waals surface area contributed by atoms with Crippen molar-refractivity contribution in [3.05, 3.63) is 28.8 Å². The van der Waals surface area contributed by atoms with Crippen LogP contribution < -0.4 is 0 Å². The molecular weight excluding hydrogens is 210 g/mol. The third-order valence-corrected chi connectivity index (χ3v) is 3.71. The van der Waals surface area contributed by atoms with Gasteiger partial charge in [0.25, 0.3) is 0 Å². The number of benzene rings is 1. The Labute approximate surface area is 103 Å². The average molecular weight is 229 g/mol. The van der Waals surface area contributed by atoms with E-state index >= 15 is 0 Å². The van der Waals surface area contributed by atoms with Crippen LogP contribution in [-0.2, 0) is 0 Å². The van der Waals surface area contributed by atoms with E-state index in [1.54, 1.807) is 0 Å². The predicted octanol–water partition coefficient (Wildman–Crippen LogP) is 4.01. The van der Waals surface area contributed by atoms with Crippen molar-refractivity contribution in [2.24, 2.45) is 10.9 Å². The van der Waals surface area contributed by atoms with Gasteiger partial charge >= 0.3 is 0 Å². The molecule has 0 radical (unpaired) electrons. The van der Waals surface area contributed by atoms with E-state index in [1.807, 2.05) is 26.0 Å². The van der Waals surface area contributed by atoms with Crippen molar-refractivity contribution in [1.29, 1.82) is 0 Å². The lowest BCUT2D eigenvalue weighted by Gasteiger charge is -2.24. The Morgan fingerprint density at radius 2 is 2.06 bits per heavy atom. The summed E-state index contributed by atoms with van der Waals surface area (Å²) in [4.78, 5) is 16.1. The maximum atomic E-state index is 12.2. The number of hydrogen-bond acceptors (Lipinski definition) is 2. The van der Waals surface area contributed by atoms with Gasteiger partial charge in [0, 0.05) is 12.0 Å². The number of nitrogens with zero attached hydrogens (tertiary/aromatic N) is 1. The summed E-state index contributed by atoms with van der Waals surface area (Å²) in [6.07, 6.45) is 4.43. The molecule has 1 saturated carbocycles. The topological polar surface area (TPSA) is 29.4 Å². The van der Waals surface area contributed by atoms with Crippen molar-refractivity contribution in [3.63, 3.8) is 0 Å². The zero-order chi connectivity index (χ0) is 12.4. The van der Waals surface area contributed by atoms with E-state index in [-0.39, 0.29) is 5.78 Å².